The van der Waals surface area contributed by atoms with Crippen LogP contribution >= 0.6 is 11.3 Å². The highest BCUT2D eigenvalue weighted by molar-refractivity contribution is 7.07. The third-order valence-electron chi connectivity index (χ3n) is 3.88. The van der Waals surface area contributed by atoms with Crippen LogP contribution in [0.3, 0.4) is 0 Å². The Labute approximate surface area is 133 Å². The van der Waals surface area contributed by atoms with Crippen LogP contribution < -0.4 is 4.74 Å². The lowest BCUT2D eigenvalue weighted by Crippen LogP contribution is -2.31. The second-order valence-corrected chi connectivity index (χ2v) is 6.21. The fraction of sp³-hybridized carbons (Fsp3) is 0.438. The van der Waals surface area contributed by atoms with Crippen molar-refractivity contribution in [2.75, 3.05) is 13.1 Å². The van der Waals surface area contributed by atoms with Crippen molar-refractivity contribution in [2.45, 2.75) is 31.6 Å². The standard InChI is InChI=1S/C16H19FN2O2S/c17-13-3-1-2-4-15(13)21-16-6-8-19(7-5-14(16)20)9-12-10-22-11-18-12/h1-4,10-11,14,16,20H,5-9H2/t14-,16-/m0/s1. The summed E-state index contributed by atoms with van der Waals surface area (Å²) in [5.41, 5.74) is 2.87. The zero-order chi connectivity index (χ0) is 15.4. The van der Waals surface area contributed by atoms with Crippen LogP contribution in [-0.4, -0.2) is 40.3 Å². The van der Waals surface area contributed by atoms with Crippen molar-refractivity contribution in [3.05, 3.63) is 46.7 Å². The summed E-state index contributed by atoms with van der Waals surface area (Å²) in [7, 11) is 0. The topological polar surface area (TPSA) is 45.6 Å². The molecule has 0 aliphatic carbocycles. The molecular formula is C16H19FN2O2S. The van der Waals surface area contributed by atoms with E-state index in [4.69, 9.17) is 4.74 Å². The number of halogens is 1. The molecule has 0 saturated carbocycles. The molecule has 0 bridgehead atoms. The lowest BCUT2D eigenvalue weighted by atomic mass is 10.1. The summed E-state index contributed by atoms with van der Waals surface area (Å²) in [4.78, 5) is 6.54. The van der Waals surface area contributed by atoms with E-state index in [0.717, 1.165) is 25.3 Å². The summed E-state index contributed by atoms with van der Waals surface area (Å²) < 4.78 is 19.4. The molecule has 1 aromatic heterocycles. The van der Waals surface area contributed by atoms with Crippen LogP contribution in [0.25, 0.3) is 0 Å². The number of thiazole rings is 1. The van der Waals surface area contributed by atoms with Gasteiger partial charge < -0.3 is 9.84 Å². The minimum absolute atomic E-state index is 0.208. The Kier molecular flexibility index (Phi) is 5.02. The van der Waals surface area contributed by atoms with Crippen molar-refractivity contribution < 1.29 is 14.2 Å². The first-order valence-corrected chi connectivity index (χ1v) is 8.35. The number of benzene rings is 1. The van der Waals surface area contributed by atoms with Crippen LogP contribution in [0.15, 0.2) is 35.2 Å². The molecular weight excluding hydrogens is 303 g/mol. The Morgan fingerprint density at radius 2 is 2.14 bits per heavy atom. The number of aliphatic hydroxyl groups excluding tert-OH is 1. The van der Waals surface area contributed by atoms with Crippen molar-refractivity contribution in [2.24, 2.45) is 0 Å². The van der Waals surface area contributed by atoms with Gasteiger partial charge in [-0.3, -0.25) is 4.90 Å². The number of aliphatic hydroxyl groups is 1. The maximum absolute atomic E-state index is 13.7. The van der Waals surface area contributed by atoms with Gasteiger partial charge in [0.05, 0.1) is 17.3 Å². The van der Waals surface area contributed by atoms with E-state index >= 15 is 0 Å². The molecule has 2 aromatic rings. The number of hydrogen-bond donors (Lipinski definition) is 1. The Morgan fingerprint density at radius 1 is 1.32 bits per heavy atom. The number of nitrogens with zero attached hydrogens (tertiary/aromatic N) is 2. The molecule has 4 nitrogen and oxygen atoms in total. The molecule has 3 rings (SSSR count). The van der Waals surface area contributed by atoms with Gasteiger partial charge in [0.15, 0.2) is 11.6 Å². The quantitative estimate of drug-likeness (QED) is 0.940. The SMILES string of the molecule is O[C@H]1CCN(Cc2cscn2)CC[C@@H]1Oc1ccccc1F. The number of aromatic nitrogens is 1. The van der Waals surface area contributed by atoms with Crippen LogP contribution in [0.2, 0.25) is 0 Å². The Hall–Kier alpha value is -1.50. The Bertz CT molecular complexity index is 594. The summed E-state index contributed by atoms with van der Waals surface area (Å²) in [5, 5.41) is 12.3. The van der Waals surface area contributed by atoms with Gasteiger partial charge in [0, 0.05) is 25.0 Å². The van der Waals surface area contributed by atoms with Gasteiger partial charge in [0.2, 0.25) is 0 Å². The number of hydrogen-bond acceptors (Lipinski definition) is 5. The maximum atomic E-state index is 13.7. The van der Waals surface area contributed by atoms with Crippen LogP contribution in [0.5, 0.6) is 5.75 Å². The third kappa shape index (κ3) is 3.82. The smallest absolute Gasteiger partial charge is 0.165 e. The normalized spacial score (nSPS) is 23.2. The van der Waals surface area contributed by atoms with E-state index in [1.165, 1.54) is 6.07 Å². The van der Waals surface area contributed by atoms with Gasteiger partial charge in [-0.15, -0.1) is 11.3 Å². The van der Waals surface area contributed by atoms with Gasteiger partial charge in [-0.25, -0.2) is 9.37 Å². The van der Waals surface area contributed by atoms with Crippen molar-refractivity contribution in [3.63, 3.8) is 0 Å². The molecule has 1 aromatic carbocycles. The molecule has 6 heteroatoms. The average molecular weight is 322 g/mol. The highest BCUT2D eigenvalue weighted by Gasteiger charge is 2.27. The highest BCUT2D eigenvalue weighted by Crippen LogP contribution is 2.23. The van der Waals surface area contributed by atoms with Gasteiger partial charge in [0.1, 0.15) is 6.10 Å². The Morgan fingerprint density at radius 3 is 2.91 bits per heavy atom. The van der Waals surface area contributed by atoms with Crippen LogP contribution in [0, 0.1) is 5.82 Å². The summed E-state index contributed by atoms with van der Waals surface area (Å²) in [6.07, 6.45) is 0.320. The molecule has 0 radical (unpaired) electrons. The van der Waals surface area contributed by atoms with E-state index < -0.39 is 11.9 Å². The van der Waals surface area contributed by atoms with Gasteiger partial charge in [-0.05, 0) is 25.0 Å². The predicted octanol–water partition coefficient (Wildman–Crippen LogP) is 2.69. The summed E-state index contributed by atoms with van der Waals surface area (Å²) in [6, 6.07) is 6.32. The lowest BCUT2D eigenvalue weighted by Gasteiger charge is -2.22. The van der Waals surface area contributed by atoms with Gasteiger partial charge in [0.25, 0.3) is 0 Å². The Balaban J connectivity index is 1.61. The molecule has 1 aliphatic heterocycles. The minimum Gasteiger partial charge on any atom is -0.485 e. The lowest BCUT2D eigenvalue weighted by molar-refractivity contribution is 0.0328. The van der Waals surface area contributed by atoms with Crippen LogP contribution in [-0.2, 0) is 6.54 Å². The van der Waals surface area contributed by atoms with E-state index in [1.807, 2.05) is 10.9 Å². The first-order chi connectivity index (χ1) is 10.7. The molecule has 1 N–H and O–H groups in total. The molecule has 1 aliphatic rings. The number of likely N-dealkylation sites (tertiary alicyclic amines) is 1. The summed E-state index contributed by atoms with van der Waals surface area (Å²) in [6.45, 7) is 2.37. The number of rotatable bonds is 4. The number of ether oxygens (including phenoxy) is 1. The zero-order valence-corrected chi connectivity index (χ0v) is 13.0. The minimum atomic E-state index is -0.583. The monoisotopic (exact) mass is 322 g/mol. The summed E-state index contributed by atoms with van der Waals surface area (Å²) in [5.74, 6) is -0.183. The average Bonchev–Trinajstić information content (AvgIpc) is 2.96. The molecule has 1 fully saturated rings. The molecule has 0 spiro atoms. The molecule has 0 unspecified atom stereocenters. The predicted molar refractivity (Wildman–Crippen MR) is 83.4 cm³/mol. The number of para-hydroxylation sites is 1. The first kappa shape index (κ1) is 15.4. The van der Waals surface area contributed by atoms with E-state index in [-0.39, 0.29) is 11.9 Å². The molecule has 0 amide bonds. The third-order valence-corrected chi connectivity index (χ3v) is 4.52. The molecule has 1 saturated heterocycles. The van der Waals surface area contributed by atoms with Gasteiger partial charge >= 0.3 is 0 Å². The first-order valence-electron chi connectivity index (χ1n) is 7.41. The molecule has 2 atom stereocenters. The molecule has 118 valence electrons. The van der Waals surface area contributed by atoms with Crippen molar-refractivity contribution >= 4 is 11.3 Å². The van der Waals surface area contributed by atoms with Crippen molar-refractivity contribution in [1.82, 2.24) is 9.88 Å². The van der Waals surface area contributed by atoms with E-state index in [9.17, 15) is 9.50 Å². The van der Waals surface area contributed by atoms with E-state index in [1.54, 1.807) is 29.5 Å². The van der Waals surface area contributed by atoms with E-state index in [0.29, 0.717) is 12.8 Å². The van der Waals surface area contributed by atoms with E-state index in [2.05, 4.69) is 9.88 Å². The van der Waals surface area contributed by atoms with Crippen LogP contribution in [0.1, 0.15) is 18.5 Å². The van der Waals surface area contributed by atoms with Crippen molar-refractivity contribution in [3.8, 4) is 5.75 Å². The fourth-order valence-corrected chi connectivity index (χ4v) is 3.21. The molecule has 22 heavy (non-hydrogen) atoms. The second kappa shape index (κ2) is 7.17. The van der Waals surface area contributed by atoms with Crippen molar-refractivity contribution in [1.29, 1.82) is 0 Å². The molecule has 2 heterocycles. The highest BCUT2D eigenvalue weighted by atomic mass is 32.1. The second-order valence-electron chi connectivity index (χ2n) is 5.49. The summed E-state index contributed by atoms with van der Waals surface area (Å²) >= 11 is 1.58. The van der Waals surface area contributed by atoms with Gasteiger partial charge in [-0.2, -0.15) is 0 Å². The van der Waals surface area contributed by atoms with Gasteiger partial charge in [-0.1, -0.05) is 12.1 Å². The van der Waals surface area contributed by atoms with Crippen LogP contribution in [0.4, 0.5) is 4.39 Å². The largest absolute Gasteiger partial charge is 0.485 e. The maximum Gasteiger partial charge on any atom is 0.165 e. The fourth-order valence-electron chi connectivity index (χ4n) is 2.66. The zero-order valence-electron chi connectivity index (χ0n) is 12.2.